The Morgan fingerprint density at radius 3 is 1.96 bits per heavy atom. The highest BCUT2D eigenvalue weighted by molar-refractivity contribution is 5.66. The van der Waals surface area contributed by atoms with Crippen LogP contribution in [-0.4, -0.2) is 23.0 Å². The Hall–Kier alpha value is -1.91. The largest absolute Gasteiger partial charge is 0.511 e. The Morgan fingerprint density at radius 1 is 0.821 bits per heavy atom. The molecule has 0 spiro atoms. The summed E-state index contributed by atoms with van der Waals surface area (Å²) in [7, 11) is 0. The molecule has 0 radical (unpaired) electrons. The smallest absolute Gasteiger partial charge is 0.504 e. The Kier molecular flexibility index (Phi) is 12.2. The summed E-state index contributed by atoms with van der Waals surface area (Å²) in [5, 5.41) is 19.4. The zero-order chi connectivity index (χ0) is 20.8. The van der Waals surface area contributed by atoms with Crippen LogP contribution in [0.3, 0.4) is 0 Å². The van der Waals surface area contributed by atoms with Gasteiger partial charge < -0.3 is 19.7 Å². The third-order valence-electron chi connectivity index (χ3n) is 4.90. The monoisotopic (exact) mass is 394 g/mol. The summed E-state index contributed by atoms with van der Waals surface area (Å²) in [4.78, 5) is 11.0. The van der Waals surface area contributed by atoms with Gasteiger partial charge in [-0.25, -0.2) is 4.79 Å². The number of carbonyl (C=O) groups is 1. The standard InChI is InChI=1S/C23H38O5/c1-4-7-8-9-10-11-12-13-16-27-20-17-21(28-23(25)26)22(24)19(15-6-3)18(20)14-5-2/h17,24H,4-16H2,1-3H3,(H,25,26). The van der Waals surface area contributed by atoms with Crippen molar-refractivity contribution < 1.29 is 24.5 Å². The summed E-state index contributed by atoms with van der Waals surface area (Å²) in [5.41, 5.74) is 1.72. The molecule has 2 N–H and O–H groups in total. The number of aromatic hydroxyl groups is 1. The third-order valence-corrected chi connectivity index (χ3v) is 4.90. The van der Waals surface area contributed by atoms with Gasteiger partial charge in [0.05, 0.1) is 6.61 Å². The Labute approximate surface area is 170 Å². The first-order valence-corrected chi connectivity index (χ1v) is 11.0. The predicted octanol–water partition coefficient (Wildman–Crippen LogP) is 6.87. The molecule has 160 valence electrons. The average Bonchev–Trinajstić information content (AvgIpc) is 2.66. The van der Waals surface area contributed by atoms with E-state index >= 15 is 0 Å². The fraction of sp³-hybridized carbons (Fsp3) is 0.696. The van der Waals surface area contributed by atoms with Gasteiger partial charge in [0, 0.05) is 17.2 Å². The van der Waals surface area contributed by atoms with Gasteiger partial charge in [-0.05, 0) is 19.3 Å². The molecule has 0 fully saturated rings. The number of benzene rings is 1. The summed E-state index contributed by atoms with van der Waals surface area (Å²) in [5.74, 6) is 0.524. The van der Waals surface area contributed by atoms with Crippen molar-refractivity contribution in [3.05, 3.63) is 17.2 Å². The number of phenolic OH excluding ortho intramolecular Hbond substituents is 1. The molecule has 0 aliphatic carbocycles. The maximum Gasteiger partial charge on any atom is 0.511 e. The number of carboxylic acid groups (broad SMARTS) is 1. The van der Waals surface area contributed by atoms with Crippen LogP contribution in [0.2, 0.25) is 0 Å². The van der Waals surface area contributed by atoms with Gasteiger partial charge in [-0.3, -0.25) is 0 Å². The molecule has 0 bridgehead atoms. The topological polar surface area (TPSA) is 76.0 Å². The first-order chi connectivity index (χ1) is 13.5. The maximum atomic E-state index is 11.0. The van der Waals surface area contributed by atoms with Gasteiger partial charge in [0.15, 0.2) is 11.5 Å². The summed E-state index contributed by atoms with van der Waals surface area (Å²) >= 11 is 0. The fourth-order valence-electron chi connectivity index (χ4n) is 3.48. The van der Waals surface area contributed by atoms with Crippen LogP contribution in [0, 0.1) is 0 Å². The lowest BCUT2D eigenvalue weighted by molar-refractivity contribution is 0.142. The molecule has 0 saturated carbocycles. The molecule has 0 heterocycles. The molecular formula is C23H38O5. The van der Waals surface area contributed by atoms with E-state index in [0.717, 1.165) is 43.2 Å². The average molecular weight is 395 g/mol. The van der Waals surface area contributed by atoms with Crippen molar-refractivity contribution in [3.8, 4) is 17.2 Å². The van der Waals surface area contributed by atoms with Crippen LogP contribution < -0.4 is 9.47 Å². The fourth-order valence-corrected chi connectivity index (χ4v) is 3.48. The Morgan fingerprint density at radius 2 is 1.39 bits per heavy atom. The van der Waals surface area contributed by atoms with Gasteiger partial charge in [-0.2, -0.15) is 0 Å². The van der Waals surface area contributed by atoms with Gasteiger partial charge in [0.25, 0.3) is 0 Å². The summed E-state index contributed by atoms with van der Waals surface area (Å²) in [6.07, 6.45) is 11.6. The highest BCUT2D eigenvalue weighted by Gasteiger charge is 2.20. The van der Waals surface area contributed by atoms with Crippen LogP contribution in [0.1, 0.15) is 96.1 Å². The lowest BCUT2D eigenvalue weighted by atomic mass is 9.96. The van der Waals surface area contributed by atoms with Crippen LogP contribution >= 0.6 is 0 Å². The lowest BCUT2D eigenvalue weighted by Crippen LogP contribution is -2.08. The molecule has 0 atom stereocenters. The van der Waals surface area contributed by atoms with Crippen LogP contribution in [0.15, 0.2) is 6.07 Å². The predicted molar refractivity (Wildman–Crippen MR) is 113 cm³/mol. The minimum Gasteiger partial charge on any atom is -0.504 e. The molecule has 0 amide bonds. The van der Waals surface area contributed by atoms with Crippen LogP contribution in [0.25, 0.3) is 0 Å². The van der Waals surface area contributed by atoms with E-state index < -0.39 is 6.16 Å². The van der Waals surface area contributed by atoms with Crippen LogP contribution in [-0.2, 0) is 12.8 Å². The Balaban J connectivity index is 2.73. The molecule has 5 nitrogen and oxygen atoms in total. The number of unbranched alkanes of at least 4 members (excludes halogenated alkanes) is 7. The van der Waals surface area contributed by atoms with Crippen molar-refractivity contribution in [2.24, 2.45) is 0 Å². The molecule has 0 aliphatic rings. The zero-order valence-electron chi connectivity index (χ0n) is 17.9. The number of rotatable bonds is 15. The number of phenols is 1. The molecule has 1 aromatic carbocycles. The van der Waals surface area contributed by atoms with Crippen molar-refractivity contribution in [3.63, 3.8) is 0 Å². The van der Waals surface area contributed by atoms with E-state index in [2.05, 4.69) is 13.8 Å². The second kappa shape index (κ2) is 14.1. The van der Waals surface area contributed by atoms with Gasteiger partial charge in [-0.15, -0.1) is 0 Å². The summed E-state index contributed by atoms with van der Waals surface area (Å²) in [6, 6.07) is 1.53. The first kappa shape index (κ1) is 24.1. The summed E-state index contributed by atoms with van der Waals surface area (Å²) < 4.78 is 10.8. The normalized spacial score (nSPS) is 10.8. The highest BCUT2D eigenvalue weighted by Crippen LogP contribution is 2.40. The third kappa shape index (κ3) is 8.41. The van der Waals surface area contributed by atoms with E-state index in [0.29, 0.717) is 18.8 Å². The van der Waals surface area contributed by atoms with Gasteiger partial charge in [0.2, 0.25) is 0 Å². The molecule has 28 heavy (non-hydrogen) atoms. The van der Waals surface area contributed by atoms with E-state index in [4.69, 9.17) is 14.6 Å². The second-order valence-electron chi connectivity index (χ2n) is 7.37. The number of ether oxygens (including phenoxy) is 2. The van der Waals surface area contributed by atoms with Gasteiger partial charge in [0.1, 0.15) is 5.75 Å². The molecule has 0 saturated heterocycles. The van der Waals surface area contributed by atoms with E-state index in [1.165, 1.54) is 44.6 Å². The van der Waals surface area contributed by atoms with Gasteiger partial charge in [-0.1, -0.05) is 78.6 Å². The van der Waals surface area contributed by atoms with Crippen LogP contribution in [0.5, 0.6) is 17.2 Å². The number of hydrogen-bond donors (Lipinski definition) is 2. The quantitative estimate of drug-likeness (QED) is 0.193. The minimum atomic E-state index is -1.44. The van der Waals surface area contributed by atoms with Crippen molar-refractivity contribution in [2.75, 3.05) is 6.61 Å². The summed E-state index contributed by atoms with van der Waals surface area (Å²) in [6.45, 7) is 6.93. The molecular weight excluding hydrogens is 356 g/mol. The van der Waals surface area contributed by atoms with Crippen molar-refractivity contribution in [1.29, 1.82) is 0 Å². The molecule has 0 aliphatic heterocycles. The van der Waals surface area contributed by atoms with Crippen molar-refractivity contribution in [2.45, 2.75) is 97.8 Å². The number of hydrogen-bond acceptors (Lipinski definition) is 4. The van der Waals surface area contributed by atoms with E-state index in [1.54, 1.807) is 0 Å². The maximum absolute atomic E-state index is 11.0. The molecule has 1 rings (SSSR count). The zero-order valence-corrected chi connectivity index (χ0v) is 17.9. The molecule has 1 aromatic rings. The second-order valence-corrected chi connectivity index (χ2v) is 7.37. The highest BCUT2D eigenvalue weighted by atomic mass is 16.7. The van der Waals surface area contributed by atoms with Gasteiger partial charge >= 0.3 is 6.16 Å². The minimum absolute atomic E-state index is 0.0401. The molecule has 0 unspecified atom stereocenters. The SMILES string of the molecule is CCCCCCCCCCOc1cc(OC(=O)O)c(O)c(CCC)c1CCC. The first-order valence-electron chi connectivity index (χ1n) is 11.0. The molecule has 0 aromatic heterocycles. The van der Waals surface area contributed by atoms with E-state index in [-0.39, 0.29) is 11.5 Å². The van der Waals surface area contributed by atoms with Crippen LogP contribution in [0.4, 0.5) is 4.79 Å². The van der Waals surface area contributed by atoms with E-state index in [1.807, 2.05) is 6.92 Å². The molecule has 5 heteroatoms. The van der Waals surface area contributed by atoms with Crippen molar-refractivity contribution in [1.82, 2.24) is 0 Å². The van der Waals surface area contributed by atoms with E-state index in [9.17, 15) is 9.90 Å². The van der Waals surface area contributed by atoms with Crippen molar-refractivity contribution >= 4 is 6.16 Å². The lowest BCUT2D eigenvalue weighted by Gasteiger charge is -2.19. The Bertz CT molecular complexity index is 583.